The van der Waals surface area contributed by atoms with Gasteiger partial charge in [-0.1, -0.05) is 48.0 Å². The van der Waals surface area contributed by atoms with Gasteiger partial charge in [0, 0.05) is 11.0 Å². The SMILES string of the molecule is COC(=O)C(NCc1ccccc1)c1ccc(Cl)c(Br)c1. The third-order valence-corrected chi connectivity index (χ3v) is 4.28. The third-order valence-electron chi connectivity index (χ3n) is 3.07. The molecule has 1 atom stereocenters. The Balaban J connectivity index is 2.18. The van der Waals surface area contributed by atoms with E-state index in [1.807, 2.05) is 42.5 Å². The van der Waals surface area contributed by atoms with Crippen molar-refractivity contribution in [3.63, 3.8) is 0 Å². The topological polar surface area (TPSA) is 38.3 Å². The second-order valence-electron chi connectivity index (χ2n) is 4.50. The maximum atomic E-state index is 12.0. The molecular weight excluding hydrogens is 354 g/mol. The van der Waals surface area contributed by atoms with Gasteiger partial charge in [0.1, 0.15) is 6.04 Å². The number of ether oxygens (including phenoxy) is 1. The zero-order chi connectivity index (χ0) is 15.2. The number of carbonyl (C=O) groups excluding carboxylic acids is 1. The Hall–Kier alpha value is -1.36. The molecule has 1 N–H and O–H groups in total. The van der Waals surface area contributed by atoms with E-state index in [1.165, 1.54) is 7.11 Å². The van der Waals surface area contributed by atoms with Gasteiger partial charge >= 0.3 is 5.97 Å². The van der Waals surface area contributed by atoms with Crippen molar-refractivity contribution in [1.29, 1.82) is 0 Å². The Morgan fingerprint density at radius 2 is 2.00 bits per heavy atom. The lowest BCUT2D eigenvalue weighted by molar-refractivity contribution is -0.143. The quantitative estimate of drug-likeness (QED) is 0.807. The standard InChI is InChI=1S/C16H15BrClNO2/c1-21-16(20)15(12-7-8-14(18)13(17)9-12)19-10-11-5-3-2-4-6-11/h2-9,15,19H,10H2,1H3. The summed E-state index contributed by atoms with van der Waals surface area (Å²) in [5.41, 5.74) is 1.90. The van der Waals surface area contributed by atoms with Crippen LogP contribution >= 0.6 is 27.5 Å². The predicted octanol–water partition coefficient (Wildman–Crippen LogP) is 4.11. The average molecular weight is 369 g/mol. The number of benzene rings is 2. The summed E-state index contributed by atoms with van der Waals surface area (Å²) >= 11 is 9.36. The van der Waals surface area contributed by atoms with Crippen LogP contribution in [0.4, 0.5) is 0 Å². The molecule has 0 saturated carbocycles. The minimum Gasteiger partial charge on any atom is -0.468 e. The van der Waals surface area contributed by atoms with E-state index in [-0.39, 0.29) is 5.97 Å². The maximum absolute atomic E-state index is 12.0. The highest BCUT2D eigenvalue weighted by atomic mass is 79.9. The summed E-state index contributed by atoms with van der Waals surface area (Å²) < 4.78 is 5.62. The van der Waals surface area contributed by atoms with Gasteiger partial charge in [0.05, 0.1) is 12.1 Å². The number of hydrogen-bond donors (Lipinski definition) is 1. The number of methoxy groups -OCH3 is 1. The number of carbonyl (C=O) groups is 1. The number of nitrogens with one attached hydrogen (secondary N) is 1. The van der Waals surface area contributed by atoms with Crippen LogP contribution in [-0.4, -0.2) is 13.1 Å². The van der Waals surface area contributed by atoms with Crippen molar-refractivity contribution >= 4 is 33.5 Å². The van der Waals surface area contributed by atoms with Crippen molar-refractivity contribution in [1.82, 2.24) is 5.32 Å². The van der Waals surface area contributed by atoms with Crippen LogP contribution in [0.3, 0.4) is 0 Å². The highest BCUT2D eigenvalue weighted by Gasteiger charge is 2.21. The molecular formula is C16H15BrClNO2. The fraction of sp³-hybridized carbons (Fsp3) is 0.188. The number of halogens is 2. The monoisotopic (exact) mass is 367 g/mol. The van der Waals surface area contributed by atoms with Gasteiger partial charge in [-0.05, 0) is 39.2 Å². The summed E-state index contributed by atoms with van der Waals surface area (Å²) in [5.74, 6) is -0.333. The summed E-state index contributed by atoms with van der Waals surface area (Å²) in [5, 5.41) is 3.81. The van der Waals surface area contributed by atoms with Crippen molar-refractivity contribution in [3.05, 3.63) is 69.2 Å². The first kappa shape index (κ1) is 16.0. The van der Waals surface area contributed by atoms with Gasteiger partial charge in [-0.15, -0.1) is 0 Å². The van der Waals surface area contributed by atoms with Crippen LogP contribution in [-0.2, 0) is 16.1 Å². The molecule has 0 aliphatic carbocycles. The molecule has 0 fully saturated rings. The van der Waals surface area contributed by atoms with E-state index in [1.54, 1.807) is 6.07 Å². The van der Waals surface area contributed by atoms with Crippen molar-refractivity contribution < 1.29 is 9.53 Å². The molecule has 0 aliphatic heterocycles. The fourth-order valence-corrected chi connectivity index (χ4v) is 2.48. The summed E-state index contributed by atoms with van der Waals surface area (Å²) in [7, 11) is 1.38. The van der Waals surface area contributed by atoms with Crippen LogP contribution in [0, 0.1) is 0 Å². The van der Waals surface area contributed by atoms with Crippen LogP contribution < -0.4 is 5.32 Å². The van der Waals surface area contributed by atoms with Crippen LogP contribution in [0.1, 0.15) is 17.2 Å². The van der Waals surface area contributed by atoms with Gasteiger partial charge < -0.3 is 4.74 Å². The first-order chi connectivity index (χ1) is 10.1. The van der Waals surface area contributed by atoms with Gasteiger partial charge in [0.2, 0.25) is 0 Å². The molecule has 21 heavy (non-hydrogen) atoms. The molecule has 2 rings (SSSR count). The Morgan fingerprint density at radius 1 is 1.29 bits per heavy atom. The molecule has 0 amide bonds. The second kappa shape index (κ2) is 7.59. The average Bonchev–Trinajstić information content (AvgIpc) is 2.51. The number of esters is 1. The maximum Gasteiger partial charge on any atom is 0.327 e. The van der Waals surface area contributed by atoms with Crippen molar-refractivity contribution in [3.8, 4) is 0 Å². The molecule has 0 heterocycles. The molecule has 110 valence electrons. The molecule has 1 unspecified atom stereocenters. The smallest absolute Gasteiger partial charge is 0.327 e. The van der Waals surface area contributed by atoms with Gasteiger partial charge in [-0.25, -0.2) is 4.79 Å². The summed E-state index contributed by atoms with van der Waals surface area (Å²) in [4.78, 5) is 12.0. The minimum absolute atomic E-state index is 0.333. The molecule has 0 aliphatic rings. The van der Waals surface area contributed by atoms with E-state index in [0.717, 1.165) is 15.6 Å². The van der Waals surface area contributed by atoms with Crippen LogP contribution in [0.15, 0.2) is 53.0 Å². The van der Waals surface area contributed by atoms with E-state index in [4.69, 9.17) is 16.3 Å². The lowest BCUT2D eigenvalue weighted by atomic mass is 10.1. The largest absolute Gasteiger partial charge is 0.468 e. The fourth-order valence-electron chi connectivity index (χ4n) is 1.96. The lowest BCUT2D eigenvalue weighted by Crippen LogP contribution is -2.29. The second-order valence-corrected chi connectivity index (χ2v) is 5.76. The van der Waals surface area contributed by atoms with E-state index < -0.39 is 6.04 Å². The van der Waals surface area contributed by atoms with E-state index in [9.17, 15) is 4.79 Å². The summed E-state index contributed by atoms with van der Waals surface area (Å²) in [6.45, 7) is 0.570. The van der Waals surface area contributed by atoms with Gasteiger partial charge in [-0.2, -0.15) is 0 Å². The van der Waals surface area contributed by atoms with E-state index in [0.29, 0.717) is 11.6 Å². The molecule has 0 aromatic heterocycles. The molecule has 0 saturated heterocycles. The minimum atomic E-state index is -0.538. The van der Waals surface area contributed by atoms with Crippen molar-refractivity contribution in [2.75, 3.05) is 7.11 Å². The van der Waals surface area contributed by atoms with Crippen LogP contribution in [0.2, 0.25) is 5.02 Å². The van der Waals surface area contributed by atoms with Crippen LogP contribution in [0.25, 0.3) is 0 Å². The van der Waals surface area contributed by atoms with Crippen molar-refractivity contribution in [2.24, 2.45) is 0 Å². The highest BCUT2D eigenvalue weighted by molar-refractivity contribution is 9.10. The molecule has 2 aromatic carbocycles. The zero-order valence-corrected chi connectivity index (χ0v) is 13.8. The molecule has 0 spiro atoms. The third kappa shape index (κ3) is 4.30. The summed E-state index contributed by atoms with van der Waals surface area (Å²) in [6.07, 6.45) is 0. The van der Waals surface area contributed by atoms with Gasteiger partial charge in [0.15, 0.2) is 0 Å². The highest BCUT2D eigenvalue weighted by Crippen LogP contribution is 2.26. The molecule has 0 bridgehead atoms. The molecule has 3 nitrogen and oxygen atoms in total. The Labute approximate surface area is 137 Å². The first-order valence-corrected chi connectivity index (χ1v) is 7.59. The number of rotatable bonds is 5. The van der Waals surface area contributed by atoms with E-state index >= 15 is 0 Å². The summed E-state index contributed by atoms with van der Waals surface area (Å²) in [6, 6.07) is 14.7. The van der Waals surface area contributed by atoms with Gasteiger partial charge in [-0.3, -0.25) is 5.32 Å². The lowest BCUT2D eigenvalue weighted by Gasteiger charge is -2.17. The van der Waals surface area contributed by atoms with Crippen LogP contribution in [0.5, 0.6) is 0 Å². The molecule has 2 aromatic rings. The molecule has 0 radical (unpaired) electrons. The number of hydrogen-bond acceptors (Lipinski definition) is 3. The van der Waals surface area contributed by atoms with Crippen molar-refractivity contribution in [2.45, 2.75) is 12.6 Å². The van der Waals surface area contributed by atoms with Gasteiger partial charge in [0.25, 0.3) is 0 Å². The zero-order valence-electron chi connectivity index (χ0n) is 11.5. The Kier molecular flexibility index (Phi) is 5.79. The van der Waals surface area contributed by atoms with E-state index in [2.05, 4.69) is 21.2 Å². The molecule has 5 heteroatoms. The normalized spacial score (nSPS) is 12.0. The Morgan fingerprint density at radius 3 is 2.62 bits per heavy atom. The predicted molar refractivity (Wildman–Crippen MR) is 87.2 cm³/mol. The Bertz CT molecular complexity index is 619. The first-order valence-electron chi connectivity index (χ1n) is 6.42.